The number of methoxy groups -OCH3 is 2. The molecule has 0 saturated carbocycles. The topological polar surface area (TPSA) is 43.4 Å². The number of aromatic nitrogens is 1. The van der Waals surface area contributed by atoms with Crippen LogP contribution < -0.4 is 14.8 Å². The number of nitrogens with one attached hydrogen (secondary N) is 1. The van der Waals surface area contributed by atoms with Crippen molar-refractivity contribution in [3.63, 3.8) is 0 Å². The summed E-state index contributed by atoms with van der Waals surface area (Å²) in [6.45, 7) is 2.92. The van der Waals surface area contributed by atoms with Gasteiger partial charge in [-0.3, -0.25) is 0 Å². The molecule has 130 valence electrons. The fraction of sp³-hybridized carbons (Fsp3) is 0.250. The molecule has 0 spiro atoms. The summed E-state index contributed by atoms with van der Waals surface area (Å²) >= 11 is 1.61. The quantitative estimate of drug-likeness (QED) is 0.669. The standard InChI is InChI=1S/C20H22N2O2S/c1-14(16-5-4-6-17(12-16)23-2)22-13-15-7-8-19(24-3)18(11-15)20-21-9-10-25-20/h4-12,14,22H,13H2,1-3H3/t14-/m1/s1. The second-order valence-electron chi connectivity index (χ2n) is 5.75. The van der Waals surface area contributed by atoms with Gasteiger partial charge in [0.05, 0.1) is 19.8 Å². The molecule has 1 atom stereocenters. The largest absolute Gasteiger partial charge is 0.497 e. The summed E-state index contributed by atoms with van der Waals surface area (Å²) in [7, 11) is 3.38. The van der Waals surface area contributed by atoms with E-state index >= 15 is 0 Å². The molecule has 1 N–H and O–H groups in total. The maximum absolute atomic E-state index is 5.48. The van der Waals surface area contributed by atoms with Gasteiger partial charge in [-0.05, 0) is 42.3 Å². The van der Waals surface area contributed by atoms with Crippen molar-refractivity contribution in [1.82, 2.24) is 10.3 Å². The summed E-state index contributed by atoms with van der Waals surface area (Å²) < 4.78 is 10.8. The van der Waals surface area contributed by atoms with Gasteiger partial charge in [0.15, 0.2) is 0 Å². The molecule has 3 aromatic rings. The first-order valence-corrected chi connectivity index (χ1v) is 9.03. The zero-order chi connectivity index (χ0) is 17.6. The van der Waals surface area contributed by atoms with Crippen LogP contribution >= 0.6 is 11.3 Å². The molecule has 25 heavy (non-hydrogen) atoms. The molecular formula is C20H22N2O2S. The lowest BCUT2D eigenvalue weighted by atomic mass is 10.1. The van der Waals surface area contributed by atoms with Crippen molar-refractivity contribution in [3.05, 3.63) is 65.2 Å². The maximum Gasteiger partial charge on any atom is 0.129 e. The van der Waals surface area contributed by atoms with Crippen molar-refractivity contribution in [2.24, 2.45) is 0 Å². The van der Waals surface area contributed by atoms with E-state index in [9.17, 15) is 0 Å². The second-order valence-corrected chi connectivity index (χ2v) is 6.65. The third kappa shape index (κ3) is 4.18. The number of hydrogen-bond acceptors (Lipinski definition) is 5. The Morgan fingerprint density at radius 3 is 2.72 bits per heavy atom. The van der Waals surface area contributed by atoms with Gasteiger partial charge in [0, 0.05) is 24.2 Å². The minimum Gasteiger partial charge on any atom is -0.497 e. The van der Waals surface area contributed by atoms with Crippen LogP contribution in [0, 0.1) is 0 Å². The molecule has 0 unspecified atom stereocenters. The molecule has 0 radical (unpaired) electrons. The van der Waals surface area contributed by atoms with Crippen LogP contribution in [0.4, 0.5) is 0 Å². The smallest absolute Gasteiger partial charge is 0.129 e. The molecule has 0 saturated heterocycles. The lowest BCUT2D eigenvalue weighted by Crippen LogP contribution is -2.18. The molecule has 1 heterocycles. The van der Waals surface area contributed by atoms with Crippen molar-refractivity contribution in [3.8, 4) is 22.1 Å². The first-order valence-electron chi connectivity index (χ1n) is 8.15. The highest BCUT2D eigenvalue weighted by Gasteiger charge is 2.11. The van der Waals surface area contributed by atoms with Crippen molar-refractivity contribution in [1.29, 1.82) is 0 Å². The van der Waals surface area contributed by atoms with E-state index in [1.165, 1.54) is 11.1 Å². The summed E-state index contributed by atoms with van der Waals surface area (Å²) in [4.78, 5) is 4.40. The molecule has 0 fully saturated rings. The van der Waals surface area contributed by atoms with Crippen molar-refractivity contribution in [2.45, 2.75) is 19.5 Å². The first-order chi connectivity index (χ1) is 12.2. The summed E-state index contributed by atoms with van der Waals surface area (Å²) in [5.41, 5.74) is 3.43. The van der Waals surface area contributed by atoms with Crippen molar-refractivity contribution >= 4 is 11.3 Å². The fourth-order valence-corrected chi connectivity index (χ4v) is 3.35. The third-order valence-electron chi connectivity index (χ3n) is 4.13. The Hall–Kier alpha value is -2.37. The Morgan fingerprint density at radius 1 is 1.12 bits per heavy atom. The first kappa shape index (κ1) is 17.5. The van der Waals surface area contributed by atoms with Crippen LogP contribution in [0.2, 0.25) is 0 Å². The van der Waals surface area contributed by atoms with E-state index in [-0.39, 0.29) is 6.04 Å². The average Bonchev–Trinajstić information content (AvgIpc) is 3.20. The Labute approximate surface area is 152 Å². The van der Waals surface area contributed by atoms with Gasteiger partial charge in [0.2, 0.25) is 0 Å². The number of thiazole rings is 1. The third-order valence-corrected chi connectivity index (χ3v) is 4.94. The molecule has 0 bridgehead atoms. The van der Waals surface area contributed by atoms with Crippen LogP contribution in [0.15, 0.2) is 54.0 Å². The number of benzene rings is 2. The summed E-state index contributed by atoms with van der Waals surface area (Å²) in [5, 5.41) is 6.51. The Bertz CT molecular complexity index is 818. The van der Waals surface area contributed by atoms with Crippen LogP contribution in [-0.2, 0) is 6.54 Å². The monoisotopic (exact) mass is 354 g/mol. The van der Waals surface area contributed by atoms with Crippen LogP contribution in [-0.4, -0.2) is 19.2 Å². The van der Waals surface area contributed by atoms with Gasteiger partial charge < -0.3 is 14.8 Å². The van der Waals surface area contributed by atoms with Gasteiger partial charge in [-0.15, -0.1) is 11.3 Å². The highest BCUT2D eigenvalue weighted by atomic mass is 32.1. The second kappa shape index (κ2) is 8.14. The van der Waals surface area contributed by atoms with E-state index in [1.807, 2.05) is 29.8 Å². The van der Waals surface area contributed by atoms with E-state index < -0.39 is 0 Å². The predicted octanol–water partition coefficient (Wildman–Crippen LogP) is 4.68. The molecular weight excluding hydrogens is 332 g/mol. The van der Waals surface area contributed by atoms with Gasteiger partial charge >= 0.3 is 0 Å². The van der Waals surface area contributed by atoms with Gasteiger partial charge in [-0.1, -0.05) is 18.2 Å². The number of rotatable bonds is 7. The minimum atomic E-state index is 0.223. The minimum absolute atomic E-state index is 0.223. The van der Waals surface area contributed by atoms with E-state index in [4.69, 9.17) is 9.47 Å². The van der Waals surface area contributed by atoms with Crippen LogP contribution in [0.1, 0.15) is 24.1 Å². The van der Waals surface area contributed by atoms with Gasteiger partial charge in [0.25, 0.3) is 0 Å². The van der Waals surface area contributed by atoms with E-state index in [0.29, 0.717) is 0 Å². The molecule has 1 aromatic heterocycles. The number of nitrogens with zero attached hydrogens (tertiary/aromatic N) is 1. The summed E-state index contributed by atoms with van der Waals surface area (Å²) in [6.07, 6.45) is 1.81. The molecule has 5 heteroatoms. The molecule has 0 amide bonds. The highest BCUT2D eigenvalue weighted by molar-refractivity contribution is 7.13. The zero-order valence-electron chi connectivity index (χ0n) is 14.7. The molecule has 0 aliphatic carbocycles. The lowest BCUT2D eigenvalue weighted by Gasteiger charge is -2.16. The lowest BCUT2D eigenvalue weighted by molar-refractivity contribution is 0.413. The molecule has 4 nitrogen and oxygen atoms in total. The van der Waals surface area contributed by atoms with Crippen molar-refractivity contribution in [2.75, 3.05) is 14.2 Å². The van der Waals surface area contributed by atoms with Gasteiger partial charge in [-0.25, -0.2) is 4.98 Å². The fourth-order valence-electron chi connectivity index (χ4n) is 2.69. The SMILES string of the molecule is COc1cccc([C@@H](C)NCc2ccc(OC)c(-c3nccs3)c2)c1. The Morgan fingerprint density at radius 2 is 2.00 bits per heavy atom. The highest BCUT2D eigenvalue weighted by Crippen LogP contribution is 2.32. The van der Waals surface area contributed by atoms with Crippen LogP contribution in [0.5, 0.6) is 11.5 Å². The number of ether oxygens (including phenoxy) is 2. The van der Waals surface area contributed by atoms with Gasteiger partial charge in [-0.2, -0.15) is 0 Å². The summed E-state index contributed by atoms with van der Waals surface area (Å²) in [5.74, 6) is 1.72. The molecule has 2 aromatic carbocycles. The molecule has 0 aliphatic rings. The Balaban J connectivity index is 1.73. The molecule has 3 rings (SSSR count). The average molecular weight is 354 g/mol. The maximum atomic E-state index is 5.48. The van der Waals surface area contributed by atoms with Crippen LogP contribution in [0.3, 0.4) is 0 Å². The Kier molecular flexibility index (Phi) is 5.68. The van der Waals surface area contributed by atoms with E-state index in [1.54, 1.807) is 25.6 Å². The number of hydrogen-bond donors (Lipinski definition) is 1. The van der Waals surface area contributed by atoms with E-state index in [0.717, 1.165) is 28.6 Å². The zero-order valence-corrected chi connectivity index (χ0v) is 15.5. The van der Waals surface area contributed by atoms with Crippen molar-refractivity contribution < 1.29 is 9.47 Å². The van der Waals surface area contributed by atoms with Crippen LogP contribution in [0.25, 0.3) is 10.6 Å². The predicted molar refractivity (Wildman–Crippen MR) is 102 cm³/mol. The van der Waals surface area contributed by atoms with Gasteiger partial charge in [0.1, 0.15) is 16.5 Å². The normalized spacial score (nSPS) is 12.0. The summed E-state index contributed by atoms with van der Waals surface area (Å²) in [6, 6.07) is 14.6. The van der Waals surface area contributed by atoms with E-state index in [2.05, 4.69) is 41.5 Å². The molecule has 0 aliphatic heterocycles.